The summed E-state index contributed by atoms with van der Waals surface area (Å²) < 4.78 is 10.1. The van der Waals surface area contributed by atoms with Crippen molar-refractivity contribution in [1.82, 2.24) is 10.6 Å². The Bertz CT molecular complexity index is 1310. The Morgan fingerprint density at radius 2 is 1.54 bits per heavy atom. The van der Waals surface area contributed by atoms with Gasteiger partial charge < -0.3 is 25.2 Å². The molecule has 3 aromatic carbocycles. The first kappa shape index (κ1) is 29.0. The van der Waals surface area contributed by atoms with Crippen molar-refractivity contribution in [3.63, 3.8) is 0 Å². The van der Waals surface area contributed by atoms with Gasteiger partial charge in [-0.05, 0) is 55.2 Å². The highest BCUT2D eigenvalue weighted by atomic mass is 16.6. The van der Waals surface area contributed by atoms with Gasteiger partial charge in [0.05, 0.1) is 12.7 Å². The number of rotatable bonds is 9. The zero-order valence-electron chi connectivity index (χ0n) is 22.6. The first-order valence-electron chi connectivity index (χ1n) is 12.5. The molecule has 0 radical (unpaired) electrons. The molecule has 0 aliphatic rings. The van der Waals surface area contributed by atoms with Crippen molar-refractivity contribution < 1.29 is 29.0 Å². The van der Waals surface area contributed by atoms with Crippen LogP contribution in [0.1, 0.15) is 53.4 Å². The van der Waals surface area contributed by atoms with E-state index in [2.05, 4.69) is 10.6 Å². The second-order valence-corrected chi connectivity index (χ2v) is 9.95. The summed E-state index contributed by atoms with van der Waals surface area (Å²) >= 11 is 0. The van der Waals surface area contributed by atoms with Crippen molar-refractivity contribution in [3.8, 4) is 5.75 Å². The van der Waals surface area contributed by atoms with E-state index in [1.165, 1.54) is 19.2 Å². The van der Waals surface area contributed by atoms with E-state index in [1.807, 2.05) is 87.5 Å². The van der Waals surface area contributed by atoms with Crippen LogP contribution in [0.5, 0.6) is 5.75 Å². The summed E-state index contributed by atoms with van der Waals surface area (Å²) in [5.74, 6) is -1.36. The summed E-state index contributed by atoms with van der Waals surface area (Å²) in [4.78, 5) is 36.9. The maximum Gasteiger partial charge on any atom is 0.407 e. The molecule has 0 aromatic heterocycles. The summed E-state index contributed by atoms with van der Waals surface area (Å²) in [7, 11) is 1.26. The Hall–Kier alpha value is -4.59. The summed E-state index contributed by atoms with van der Waals surface area (Å²) in [5, 5.41) is 15.9. The van der Waals surface area contributed by atoms with Crippen LogP contribution in [0.25, 0.3) is 12.2 Å². The summed E-state index contributed by atoms with van der Waals surface area (Å²) in [6.45, 7) is 5.77. The normalized spacial score (nSPS) is 12.0. The van der Waals surface area contributed by atoms with E-state index in [0.717, 1.165) is 16.7 Å². The van der Waals surface area contributed by atoms with Crippen molar-refractivity contribution in [1.29, 1.82) is 0 Å². The standard InChI is InChI=1S/C31H34N2O6/c1-31(2,3)39-30(37)32-20-24-14-11-21(12-15-24)10-13-23-16-17-25(27(34)19-23)28(35)33-26(29(36)38-4)18-22-8-6-5-7-9-22/h5-17,19,26,34H,18,20H2,1-4H3,(H,32,37)(H,33,35)/b13-10-/t26-/m0/s1. The molecule has 39 heavy (non-hydrogen) atoms. The predicted molar refractivity (Wildman–Crippen MR) is 150 cm³/mol. The second-order valence-electron chi connectivity index (χ2n) is 9.95. The molecule has 2 amide bonds. The van der Waals surface area contributed by atoms with E-state index >= 15 is 0 Å². The molecule has 8 nitrogen and oxygen atoms in total. The number of benzene rings is 3. The number of ether oxygens (including phenoxy) is 2. The molecule has 1 atom stereocenters. The third kappa shape index (κ3) is 9.34. The van der Waals surface area contributed by atoms with E-state index in [0.29, 0.717) is 12.1 Å². The molecule has 0 saturated heterocycles. The van der Waals surface area contributed by atoms with Crippen LogP contribution in [0.15, 0.2) is 72.8 Å². The van der Waals surface area contributed by atoms with Gasteiger partial charge in [-0.25, -0.2) is 9.59 Å². The van der Waals surface area contributed by atoms with Crippen LogP contribution < -0.4 is 10.6 Å². The molecular formula is C31H34N2O6. The van der Waals surface area contributed by atoms with Crippen LogP contribution in [0.3, 0.4) is 0 Å². The SMILES string of the molecule is COC(=O)[C@H](Cc1ccccc1)NC(=O)c1ccc(/C=C\c2ccc(CNC(=O)OC(C)(C)C)cc2)cc1O. The molecule has 0 aliphatic carbocycles. The third-order valence-corrected chi connectivity index (χ3v) is 5.62. The van der Waals surface area contributed by atoms with E-state index in [4.69, 9.17) is 9.47 Å². The first-order chi connectivity index (χ1) is 18.5. The molecule has 0 unspecified atom stereocenters. The highest BCUT2D eigenvalue weighted by Crippen LogP contribution is 2.21. The number of methoxy groups -OCH3 is 1. The number of nitrogens with one attached hydrogen (secondary N) is 2. The molecule has 8 heteroatoms. The Labute approximate surface area is 228 Å². The number of aromatic hydroxyl groups is 1. The number of phenols is 1. The van der Waals surface area contributed by atoms with Crippen molar-refractivity contribution in [2.45, 2.75) is 45.4 Å². The average Bonchev–Trinajstić information content (AvgIpc) is 2.90. The summed E-state index contributed by atoms with van der Waals surface area (Å²) in [5.41, 5.74) is 2.89. The van der Waals surface area contributed by atoms with Gasteiger partial charge in [0.15, 0.2) is 0 Å². The van der Waals surface area contributed by atoms with Gasteiger partial charge >= 0.3 is 12.1 Å². The molecule has 0 spiro atoms. The molecule has 3 N–H and O–H groups in total. The fourth-order valence-corrected chi connectivity index (χ4v) is 3.69. The number of carbonyl (C=O) groups is 3. The minimum absolute atomic E-state index is 0.0518. The third-order valence-electron chi connectivity index (χ3n) is 5.62. The topological polar surface area (TPSA) is 114 Å². The van der Waals surface area contributed by atoms with E-state index in [-0.39, 0.29) is 17.7 Å². The largest absolute Gasteiger partial charge is 0.507 e. The zero-order valence-corrected chi connectivity index (χ0v) is 22.6. The van der Waals surface area contributed by atoms with Gasteiger partial charge in [-0.3, -0.25) is 4.79 Å². The quantitative estimate of drug-likeness (QED) is 0.262. The maximum atomic E-state index is 12.8. The first-order valence-corrected chi connectivity index (χ1v) is 12.5. The van der Waals surface area contributed by atoms with Crippen molar-refractivity contribution in [3.05, 3.63) is 101 Å². The van der Waals surface area contributed by atoms with Crippen molar-refractivity contribution >= 4 is 30.1 Å². The van der Waals surface area contributed by atoms with Gasteiger partial charge in [0, 0.05) is 13.0 Å². The summed E-state index contributed by atoms with van der Waals surface area (Å²) in [6.07, 6.45) is 3.46. The number of esters is 1. The lowest BCUT2D eigenvalue weighted by molar-refractivity contribution is -0.142. The minimum Gasteiger partial charge on any atom is -0.507 e. The highest BCUT2D eigenvalue weighted by molar-refractivity contribution is 5.99. The van der Waals surface area contributed by atoms with Crippen LogP contribution in [0.2, 0.25) is 0 Å². The maximum absolute atomic E-state index is 12.8. The Morgan fingerprint density at radius 1 is 0.897 bits per heavy atom. The van der Waals surface area contributed by atoms with Gasteiger partial charge in [-0.1, -0.05) is 72.8 Å². The fraction of sp³-hybridized carbons (Fsp3) is 0.258. The number of alkyl carbamates (subject to hydrolysis) is 1. The molecule has 204 valence electrons. The molecule has 0 aliphatic heterocycles. The average molecular weight is 531 g/mol. The minimum atomic E-state index is -0.897. The van der Waals surface area contributed by atoms with Crippen molar-refractivity contribution in [2.75, 3.05) is 7.11 Å². The van der Waals surface area contributed by atoms with Crippen molar-refractivity contribution in [2.24, 2.45) is 0 Å². The number of carbonyl (C=O) groups excluding carboxylic acids is 3. The van der Waals surface area contributed by atoms with Gasteiger partial charge in [0.1, 0.15) is 17.4 Å². The smallest absolute Gasteiger partial charge is 0.407 e. The zero-order chi connectivity index (χ0) is 28.4. The van der Waals surface area contributed by atoms with E-state index in [1.54, 1.807) is 6.07 Å². The molecule has 0 saturated carbocycles. The lowest BCUT2D eigenvalue weighted by Crippen LogP contribution is -2.43. The lowest BCUT2D eigenvalue weighted by Gasteiger charge is -2.19. The van der Waals surface area contributed by atoms with Gasteiger partial charge in [0.2, 0.25) is 0 Å². The lowest BCUT2D eigenvalue weighted by atomic mass is 10.0. The molecular weight excluding hydrogens is 496 g/mol. The Balaban J connectivity index is 1.60. The molecule has 0 bridgehead atoms. The van der Waals surface area contributed by atoms with Crippen LogP contribution in [-0.2, 0) is 27.2 Å². The summed E-state index contributed by atoms with van der Waals surface area (Å²) in [6, 6.07) is 20.7. The second kappa shape index (κ2) is 13.3. The molecule has 3 aromatic rings. The number of hydrogen-bond acceptors (Lipinski definition) is 6. The van der Waals surface area contributed by atoms with Gasteiger partial charge in [0.25, 0.3) is 5.91 Å². The number of phenolic OH excluding ortho intramolecular Hbond substituents is 1. The van der Waals surface area contributed by atoms with Crippen LogP contribution in [-0.4, -0.2) is 41.8 Å². The Kier molecular flexibility index (Phi) is 9.86. The predicted octanol–water partition coefficient (Wildman–Crippen LogP) is 5.10. The van der Waals surface area contributed by atoms with Crippen LogP contribution in [0, 0.1) is 0 Å². The molecule has 3 rings (SSSR count). The molecule has 0 fully saturated rings. The monoisotopic (exact) mass is 530 g/mol. The number of amides is 2. The molecule has 0 heterocycles. The Morgan fingerprint density at radius 3 is 2.15 bits per heavy atom. The van der Waals surface area contributed by atoms with E-state index in [9.17, 15) is 19.5 Å². The fourth-order valence-electron chi connectivity index (χ4n) is 3.69. The number of hydrogen-bond donors (Lipinski definition) is 3. The van der Waals surface area contributed by atoms with Crippen LogP contribution >= 0.6 is 0 Å². The highest BCUT2D eigenvalue weighted by Gasteiger charge is 2.24. The van der Waals surface area contributed by atoms with E-state index < -0.39 is 29.6 Å². The van der Waals surface area contributed by atoms with Crippen LogP contribution in [0.4, 0.5) is 4.79 Å². The van der Waals surface area contributed by atoms with Gasteiger partial charge in [-0.15, -0.1) is 0 Å². The van der Waals surface area contributed by atoms with Gasteiger partial charge in [-0.2, -0.15) is 0 Å².